The van der Waals surface area contributed by atoms with E-state index in [4.69, 9.17) is 0 Å². The largest absolute Gasteiger partial charge is 0.385 e. The number of ketones is 2. The third kappa shape index (κ3) is 4.05. The van der Waals surface area contributed by atoms with Gasteiger partial charge in [0.25, 0.3) is 0 Å². The fraction of sp³-hybridized carbons (Fsp3) is 0.310. The molecule has 0 radical (unpaired) electrons. The molecule has 0 spiro atoms. The Morgan fingerprint density at radius 2 is 1.22 bits per heavy atom. The molecule has 3 heteroatoms. The van der Waals surface area contributed by atoms with Crippen molar-refractivity contribution < 1.29 is 14.7 Å². The SMILES string of the molecule is Cc1cc(C)c(C(=O)c2ccccc2C(=O)c2ccccc2C2(O)CCCCC2)c(C)c1. The second-order valence-electron chi connectivity index (χ2n) is 9.12. The molecule has 0 unspecified atom stereocenters. The molecule has 32 heavy (non-hydrogen) atoms. The number of aryl methyl sites for hydroxylation is 3. The van der Waals surface area contributed by atoms with E-state index in [2.05, 4.69) is 0 Å². The smallest absolute Gasteiger partial charge is 0.194 e. The molecule has 164 valence electrons. The van der Waals surface area contributed by atoms with E-state index in [0.717, 1.165) is 36.0 Å². The molecule has 1 aliphatic rings. The molecule has 0 heterocycles. The van der Waals surface area contributed by atoms with Crippen molar-refractivity contribution in [1.82, 2.24) is 0 Å². The van der Waals surface area contributed by atoms with E-state index < -0.39 is 5.60 Å². The van der Waals surface area contributed by atoms with E-state index in [0.29, 0.717) is 40.7 Å². The van der Waals surface area contributed by atoms with Gasteiger partial charge in [0.05, 0.1) is 5.60 Å². The van der Waals surface area contributed by atoms with E-state index in [9.17, 15) is 14.7 Å². The van der Waals surface area contributed by atoms with Crippen LogP contribution in [-0.2, 0) is 5.60 Å². The maximum absolute atomic E-state index is 13.8. The first-order chi connectivity index (χ1) is 15.3. The van der Waals surface area contributed by atoms with Crippen LogP contribution in [0.2, 0.25) is 0 Å². The van der Waals surface area contributed by atoms with Gasteiger partial charge in [-0.2, -0.15) is 0 Å². The minimum absolute atomic E-state index is 0.141. The lowest BCUT2D eigenvalue weighted by atomic mass is 9.76. The summed E-state index contributed by atoms with van der Waals surface area (Å²) in [7, 11) is 0. The Balaban J connectivity index is 1.80. The van der Waals surface area contributed by atoms with Crippen LogP contribution in [0.4, 0.5) is 0 Å². The summed E-state index contributed by atoms with van der Waals surface area (Å²) in [6.45, 7) is 5.88. The van der Waals surface area contributed by atoms with Crippen LogP contribution in [0.1, 0.15) is 86.2 Å². The van der Waals surface area contributed by atoms with E-state index in [1.807, 2.05) is 51.1 Å². The highest BCUT2D eigenvalue weighted by atomic mass is 16.3. The summed E-state index contributed by atoms with van der Waals surface area (Å²) < 4.78 is 0. The van der Waals surface area contributed by atoms with Crippen LogP contribution in [0.5, 0.6) is 0 Å². The summed E-state index contributed by atoms with van der Waals surface area (Å²) in [5.41, 5.74) is 4.52. The lowest BCUT2D eigenvalue weighted by Gasteiger charge is -2.34. The lowest BCUT2D eigenvalue weighted by Crippen LogP contribution is -2.30. The Kier molecular flexibility index (Phi) is 6.12. The number of carbonyl (C=O) groups is 2. The van der Waals surface area contributed by atoms with Crippen molar-refractivity contribution in [2.45, 2.75) is 58.5 Å². The Labute approximate surface area is 190 Å². The zero-order valence-electron chi connectivity index (χ0n) is 19.1. The van der Waals surface area contributed by atoms with Crippen LogP contribution >= 0.6 is 0 Å². The first-order valence-electron chi connectivity index (χ1n) is 11.4. The topological polar surface area (TPSA) is 54.4 Å². The summed E-state index contributed by atoms with van der Waals surface area (Å²) in [4.78, 5) is 27.4. The van der Waals surface area contributed by atoms with Gasteiger partial charge in [-0.1, -0.05) is 85.5 Å². The quantitative estimate of drug-likeness (QED) is 0.492. The van der Waals surface area contributed by atoms with Gasteiger partial charge >= 0.3 is 0 Å². The minimum atomic E-state index is -0.992. The van der Waals surface area contributed by atoms with Crippen molar-refractivity contribution in [3.8, 4) is 0 Å². The summed E-state index contributed by atoms with van der Waals surface area (Å²) >= 11 is 0. The molecular formula is C29H30O3. The second kappa shape index (κ2) is 8.84. The molecule has 0 atom stereocenters. The van der Waals surface area contributed by atoms with Gasteiger partial charge in [-0.25, -0.2) is 0 Å². The fourth-order valence-corrected chi connectivity index (χ4v) is 5.19. The monoisotopic (exact) mass is 426 g/mol. The molecule has 0 bridgehead atoms. The predicted molar refractivity (Wildman–Crippen MR) is 127 cm³/mol. The number of hydrogen-bond donors (Lipinski definition) is 1. The maximum Gasteiger partial charge on any atom is 0.194 e. The van der Waals surface area contributed by atoms with Crippen LogP contribution in [0, 0.1) is 20.8 Å². The molecular weight excluding hydrogens is 396 g/mol. The van der Waals surface area contributed by atoms with Crippen LogP contribution in [0.15, 0.2) is 60.7 Å². The van der Waals surface area contributed by atoms with Crippen LogP contribution in [0.25, 0.3) is 0 Å². The van der Waals surface area contributed by atoms with Gasteiger partial charge in [0.2, 0.25) is 0 Å². The molecule has 3 aromatic carbocycles. The highest BCUT2D eigenvalue weighted by molar-refractivity contribution is 6.20. The first-order valence-corrected chi connectivity index (χ1v) is 11.4. The highest BCUT2D eigenvalue weighted by Crippen LogP contribution is 2.39. The molecule has 1 saturated carbocycles. The number of hydrogen-bond acceptors (Lipinski definition) is 3. The Morgan fingerprint density at radius 1 is 0.719 bits per heavy atom. The molecule has 0 aromatic heterocycles. The third-order valence-corrected chi connectivity index (χ3v) is 6.67. The van der Waals surface area contributed by atoms with Crippen molar-refractivity contribution in [1.29, 1.82) is 0 Å². The van der Waals surface area contributed by atoms with Gasteiger partial charge in [0, 0.05) is 22.3 Å². The molecule has 3 aromatic rings. The molecule has 1 N–H and O–H groups in total. The number of aliphatic hydroxyl groups is 1. The second-order valence-corrected chi connectivity index (χ2v) is 9.12. The predicted octanol–water partition coefficient (Wildman–Crippen LogP) is 6.23. The Hall–Kier alpha value is -3.04. The van der Waals surface area contributed by atoms with Crippen LogP contribution < -0.4 is 0 Å². The molecule has 3 nitrogen and oxygen atoms in total. The molecule has 0 amide bonds. The van der Waals surface area contributed by atoms with Crippen molar-refractivity contribution in [3.05, 3.63) is 105 Å². The number of rotatable bonds is 5. The van der Waals surface area contributed by atoms with Gasteiger partial charge in [-0.3, -0.25) is 9.59 Å². The maximum atomic E-state index is 13.8. The lowest BCUT2D eigenvalue weighted by molar-refractivity contribution is -0.00126. The third-order valence-electron chi connectivity index (χ3n) is 6.67. The van der Waals surface area contributed by atoms with E-state index in [1.165, 1.54) is 0 Å². The standard InChI is InChI=1S/C29H30O3/c1-19-17-20(2)26(21(3)18-19)28(31)23-12-6-5-11-22(23)27(30)24-13-7-8-14-25(24)29(32)15-9-4-10-16-29/h5-8,11-14,17-18,32H,4,9-10,15-16H2,1-3H3. The number of carbonyl (C=O) groups excluding carboxylic acids is 2. The zero-order chi connectivity index (χ0) is 22.9. The Morgan fingerprint density at radius 3 is 1.81 bits per heavy atom. The van der Waals surface area contributed by atoms with Gasteiger partial charge < -0.3 is 5.11 Å². The molecule has 4 rings (SSSR count). The highest BCUT2D eigenvalue weighted by Gasteiger charge is 2.35. The average molecular weight is 427 g/mol. The van der Waals surface area contributed by atoms with Crippen LogP contribution in [0.3, 0.4) is 0 Å². The minimum Gasteiger partial charge on any atom is -0.385 e. The van der Waals surface area contributed by atoms with E-state index >= 15 is 0 Å². The van der Waals surface area contributed by atoms with Crippen molar-refractivity contribution in [3.63, 3.8) is 0 Å². The molecule has 1 fully saturated rings. The summed E-state index contributed by atoms with van der Waals surface area (Å²) in [5.74, 6) is -0.358. The van der Waals surface area contributed by atoms with Gasteiger partial charge in [0.15, 0.2) is 11.6 Å². The summed E-state index contributed by atoms with van der Waals surface area (Å²) in [6, 6.07) is 18.3. The van der Waals surface area contributed by atoms with Crippen molar-refractivity contribution >= 4 is 11.6 Å². The van der Waals surface area contributed by atoms with E-state index in [-0.39, 0.29) is 11.6 Å². The average Bonchev–Trinajstić information content (AvgIpc) is 2.78. The van der Waals surface area contributed by atoms with Gasteiger partial charge in [-0.05, 0) is 50.3 Å². The normalized spacial score (nSPS) is 15.4. The van der Waals surface area contributed by atoms with Crippen molar-refractivity contribution in [2.24, 2.45) is 0 Å². The van der Waals surface area contributed by atoms with Gasteiger partial charge in [0.1, 0.15) is 0 Å². The van der Waals surface area contributed by atoms with Crippen molar-refractivity contribution in [2.75, 3.05) is 0 Å². The van der Waals surface area contributed by atoms with E-state index in [1.54, 1.807) is 30.3 Å². The molecule has 0 aliphatic heterocycles. The number of benzene rings is 3. The molecule has 0 saturated heterocycles. The Bertz CT molecular complexity index is 1160. The first kappa shape index (κ1) is 22.2. The summed E-state index contributed by atoms with van der Waals surface area (Å²) in [6.07, 6.45) is 4.30. The fourth-order valence-electron chi connectivity index (χ4n) is 5.19. The van der Waals surface area contributed by atoms with Crippen LogP contribution in [-0.4, -0.2) is 16.7 Å². The zero-order valence-corrected chi connectivity index (χ0v) is 19.1. The van der Waals surface area contributed by atoms with Gasteiger partial charge in [-0.15, -0.1) is 0 Å². The molecule has 1 aliphatic carbocycles. The summed E-state index contributed by atoms with van der Waals surface area (Å²) in [5, 5.41) is 11.4.